The Balaban J connectivity index is 1.50. The van der Waals surface area contributed by atoms with Crippen LogP contribution in [0.1, 0.15) is 48.4 Å². The van der Waals surface area contributed by atoms with Gasteiger partial charge >= 0.3 is 0 Å². The molecule has 4 aromatic rings. The Morgan fingerprint density at radius 1 is 0.788 bits per heavy atom. The lowest BCUT2D eigenvalue weighted by Crippen LogP contribution is -1.89. The Labute approximate surface area is 196 Å². The summed E-state index contributed by atoms with van der Waals surface area (Å²) in [6.45, 7) is 5.98. The van der Waals surface area contributed by atoms with Crippen LogP contribution in [-0.4, -0.2) is 0 Å². The maximum Gasteiger partial charge on any atom is 0.146 e. The minimum atomic E-state index is -0.255. The molecule has 1 heteroatoms. The van der Waals surface area contributed by atoms with Crippen molar-refractivity contribution in [2.45, 2.75) is 39.0 Å². The molecule has 4 rings (SSSR count). The van der Waals surface area contributed by atoms with Crippen LogP contribution in [0.25, 0.3) is 21.9 Å². The number of fused-ring (bicyclic) bond motifs is 1. The van der Waals surface area contributed by atoms with Crippen LogP contribution in [0.3, 0.4) is 0 Å². The van der Waals surface area contributed by atoms with Crippen molar-refractivity contribution in [2.24, 2.45) is 0 Å². The SMILES string of the molecule is C=CCCc1ccc2c(F)c(C#Cc3ccc(-c4ccc(CCCC)cc4)cc3)ccc2c1. The minimum Gasteiger partial charge on any atom is -0.205 e. The zero-order valence-corrected chi connectivity index (χ0v) is 19.2. The van der Waals surface area contributed by atoms with Crippen LogP contribution in [0, 0.1) is 17.7 Å². The van der Waals surface area contributed by atoms with E-state index in [9.17, 15) is 0 Å². The molecule has 0 fully saturated rings. The first-order valence-electron chi connectivity index (χ1n) is 11.7. The number of hydrogen-bond acceptors (Lipinski definition) is 0. The number of hydrogen-bond donors (Lipinski definition) is 0. The van der Waals surface area contributed by atoms with Crippen molar-refractivity contribution in [3.63, 3.8) is 0 Å². The van der Waals surface area contributed by atoms with E-state index in [1.165, 1.54) is 29.5 Å². The first-order valence-corrected chi connectivity index (χ1v) is 11.7. The van der Waals surface area contributed by atoms with Crippen molar-refractivity contribution in [2.75, 3.05) is 0 Å². The van der Waals surface area contributed by atoms with Crippen molar-refractivity contribution < 1.29 is 4.39 Å². The van der Waals surface area contributed by atoms with E-state index in [0.717, 1.165) is 35.8 Å². The van der Waals surface area contributed by atoms with Crippen molar-refractivity contribution >= 4 is 10.8 Å². The largest absolute Gasteiger partial charge is 0.205 e. The van der Waals surface area contributed by atoms with E-state index in [2.05, 4.69) is 61.7 Å². The highest BCUT2D eigenvalue weighted by atomic mass is 19.1. The van der Waals surface area contributed by atoms with Gasteiger partial charge in [-0.25, -0.2) is 4.39 Å². The monoisotopic (exact) mass is 432 g/mol. The van der Waals surface area contributed by atoms with E-state index in [1.807, 2.05) is 42.5 Å². The average Bonchev–Trinajstić information content (AvgIpc) is 2.86. The van der Waals surface area contributed by atoms with Crippen LogP contribution in [0.4, 0.5) is 4.39 Å². The van der Waals surface area contributed by atoms with Gasteiger partial charge in [-0.15, -0.1) is 6.58 Å². The minimum absolute atomic E-state index is 0.255. The summed E-state index contributed by atoms with van der Waals surface area (Å²) in [5.41, 5.74) is 6.23. The molecule has 0 spiro atoms. The molecule has 0 N–H and O–H groups in total. The maximum atomic E-state index is 15.0. The summed E-state index contributed by atoms with van der Waals surface area (Å²) in [6, 6.07) is 26.6. The number of unbranched alkanes of at least 4 members (excludes halogenated alkanes) is 1. The van der Waals surface area contributed by atoms with E-state index in [0.29, 0.717) is 10.9 Å². The normalized spacial score (nSPS) is 10.6. The van der Waals surface area contributed by atoms with Crippen molar-refractivity contribution in [1.29, 1.82) is 0 Å². The molecule has 0 aromatic heterocycles. The van der Waals surface area contributed by atoms with Crippen molar-refractivity contribution in [1.82, 2.24) is 0 Å². The molecule has 0 unspecified atom stereocenters. The molecule has 0 aliphatic carbocycles. The van der Waals surface area contributed by atoms with Gasteiger partial charge in [0.2, 0.25) is 0 Å². The van der Waals surface area contributed by atoms with Crippen LogP contribution in [0.5, 0.6) is 0 Å². The second kappa shape index (κ2) is 10.8. The molecule has 0 nitrogen and oxygen atoms in total. The fraction of sp³-hybridized carbons (Fsp3) is 0.188. The van der Waals surface area contributed by atoms with Gasteiger partial charge in [0.05, 0.1) is 5.56 Å². The van der Waals surface area contributed by atoms with Crippen molar-refractivity contribution in [3.05, 3.63) is 120 Å². The molecule has 0 radical (unpaired) electrons. The topological polar surface area (TPSA) is 0 Å². The molecule has 0 bridgehead atoms. The fourth-order valence-corrected chi connectivity index (χ4v) is 3.99. The zero-order valence-electron chi connectivity index (χ0n) is 19.2. The Bertz CT molecular complexity index is 1300. The van der Waals surface area contributed by atoms with Crippen molar-refractivity contribution in [3.8, 4) is 23.0 Å². The lowest BCUT2D eigenvalue weighted by atomic mass is 10.00. The lowest BCUT2D eigenvalue weighted by molar-refractivity contribution is 0.636. The Morgan fingerprint density at radius 2 is 1.48 bits per heavy atom. The molecule has 164 valence electrons. The number of rotatable bonds is 7. The summed E-state index contributed by atoms with van der Waals surface area (Å²) in [4.78, 5) is 0. The number of aryl methyl sites for hydroxylation is 2. The van der Waals surface area contributed by atoms with Gasteiger partial charge in [-0.3, -0.25) is 0 Å². The van der Waals surface area contributed by atoms with Gasteiger partial charge in [0.25, 0.3) is 0 Å². The van der Waals surface area contributed by atoms with E-state index in [-0.39, 0.29) is 5.82 Å². The highest BCUT2D eigenvalue weighted by Crippen LogP contribution is 2.24. The molecular formula is C32H29F. The van der Waals surface area contributed by atoms with E-state index in [4.69, 9.17) is 0 Å². The van der Waals surface area contributed by atoms with Gasteiger partial charge < -0.3 is 0 Å². The summed E-state index contributed by atoms with van der Waals surface area (Å²) in [5, 5.41) is 1.52. The second-order valence-electron chi connectivity index (χ2n) is 8.44. The van der Waals surface area contributed by atoms with Gasteiger partial charge in [-0.05, 0) is 71.5 Å². The first kappa shape index (κ1) is 22.6. The maximum absolute atomic E-state index is 15.0. The first-order chi connectivity index (χ1) is 16.2. The molecule has 33 heavy (non-hydrogen) atoms. The second-order valence-corrected chi connectivity index (χ2v) is 8.44. The molecule has 0 saturated heterocycles. The highest BCUT2D eigenvalue weighted by molar-refractivity contribution is 5.85. The van der Waals surface area contributed by atoms with Crippen LogP contribution in [0.15, 0.2) is 91.5 Å². The summed E-state index contributed by atoms with van der Waals surface area (Å²) < 4.78 is 15.0. The molecule has 4 aromatic carbocycles. The predicted molar refractivity (Wildman–Crippen MR) is 139 cm³/mol. The van der Waals surface area contributed by atoms with Crippen LogP contribution in [0.2, 0.25) is 0 Å². The quantitative estimate of drug-likeness (QED) is 0.203. The van der Waals surface area contributed by atoms with E-state index in [1.54, 1.807) is 6.07 Å². The Hall–Kier alpha value is -3.63. The summed E-state index contributed by atoms with van der Waals surface area (Å²) in [6.07, 6.45) is 7.31. The van der Waals surface area contributed by atoms with E-state index >= 15 is 4.39 Å². The predicted octanol–water partition coefficient (Wildman–Crippen LogP) is 8.51. The fourth-order valence-electron chi connectivity index (χ4n) is 3.99. The third-order valence-electron chi connectivity index (χ3n) is 5.99. The smallest absolute Gasteiger partial charge is 0.146 e. The third-order valence-corrected chi connectivity index (χ3v) is 5.99. The average molecular weight is 433 g/mol. The molecular weight excluding hydrogens is 403 g/mol. The third kappa shape index (κ3) is 5.60. The van der Waals surface area contributed by atoms with Gasteiger partial charge in [-0.2, -0.15) is 0 Å². The Kier molecular flexibility index (Phi) is 7.38. The van der Waals surface area contributed by atoms with Crippen LogP contribution in [-0.2, 0) is 12.8 Å². The molecule has 0 heterocycles. The van der Waals surface area contributed by atoms with Crippen LogP contribution < -0.4 is 0 Å². The highest BCUT2D eigenvalue weighted by Gasteiger charge is 2.06. The van der Waals surface area contributed by atoms with Gasteiger partial charge in [-0.1, -0.05) is 91.9 Å². The van der Waals surface area contributed by atoms with Gasteiger partial charge in [0.1, 0.15) is 5.82 Å². The molecule has 0 atom stereocenters. The standard InChI is InChI=1S/C32H29F/c1-3-5-7-24-9-15-27(16-10-24)28-17-11-25(12-18-28)13-19-29-20-21-30-23-26(8-6-4-2)14-22-31(30)32(29)33/h4,9-12,14-18,20-23H,2-3,5-8H2,1H3. The summed E-state index contributed by atoms with van der Waals surface area (Å²) >= 11 is 0. The lowest BCUT2D eigenvalue weighted by Gasteiger charge is -2.05. The Morgan fingerprint density at radius 3 is 2.18 bits per heavy atom. The molecule has 0 aliphatic rings. The van der Waals surface area contributed by atoms with Gasteiger partial charge in [0.15, 0.2) is 0 Å². The zero-order chi connectivity index (χ0) is 23.0. The summed E-state index contributed by atoms with van der Waals surface area (Å²) in [5.74, 6) is 5.88. The molecule has 0 saturated carbocycles. The number of allylic oxidation sites excluding steroid dienone is 1. The van der Waals surface area contributed by atoms with E-state index < -0.39 is 0 Å². The van der Waals surface area contributed by atoms with Crippen LogP contribution >= 0.6 is 0 Å². The number of halogens is 1. The molecule has 0 amide bonds. The van der Waals surface area contributed by atoms with Gasteiger partial charge in [0, 0.05) is 10.9 Å². The summed E-state index contributed by atoms with van der Waals surface area (Å²) in [7, 11) is 0. The number of benzene rings is 4. The molecule has 0 aliphatic heterocycles.